The molecule has 1 unspecified atom stereocenters. The van der Waals surface area contributed by atoms with Gasteiger partial charge in [0.05, 0.1) is 12.7 Å². The maximum Gasteiger partial charge on any atom is 0.0945 e. The molecule has 0 bridgehead atoms. The number of benzene rings is 1. The van der Waals surface area contributed by atoms with Crippen molar-refractivity contribution in [3.05, 3.63) is 29.8 Å². The van der Waals surface area contributed by atoms with Crippen molar-refractivity contribution in [3.63, 3.8) is 0 Å². The number of hydrogen-bond acceptors (Lipinski definition) is 3. The van der Waals surface area contributed by atoms with E-state index < -0.39 is 6.10 Å². The maximum atomic E-state index is 9.60. The van der Waals surface area contributed by atoms with E-state index in [1.807, 2.05) is 19.1 Å². The van der Waals surface area contributed by atoms with E-state index in [2.05, 4.69) is 31.3 Å². The molecule has 0 amide bonds. The molecular formula is C14H23NO2. The fourth-order valence-electron chi connectivity index (χ4n) is 1.53. The van der Waals surface area contributed by atoms with E-state index in [4.69, 9.17) is 4.74 Å². The van der Waals surface area contributed by atoms with Crippen LogP contribution in [0.15, 0.2) is 24.3 Å². The van der Waals surface area contributed by atoms with Gasteiger partial charge in [-0.25, -0.2) is 0 Å². The molecule has 0 fully saturated rings. The molecular weight excluding hydrogens is 214 g/mol. The van der Waals surface area contributed by atoms with Crippen LogP contribution in [0.3, 0.4) is 0 Å². The van der Waals surface area contributed by atoms with Crippen LogP contribution in [0.1, 0.15) is 32.3 Å². The highest BCUT2D eigenvalue weighted by atomic mass is 16.5. The molecule has 1 atom stereocenters. The first-order valence-electron chi connectivity index (χ1n) is 6.23. The zero-order valence-electron chi connectivity index (χ0n) is 10.9. The number of rotatable bonds is 7. The van der Waals surface area contributed by atoms with E-state index in [0.717, 1.165) is 5.69 Å². The van der Waals surface area contributed by atoms with Gasteiger partial charge in [-0.05, 0) is 30.5 Å². The van der Waals surface area contributed by atoms with Crippen LogP contribution in [-0.4, -0.2) is 31.0 Å². The van der Waals surface area contributed by atoms with Gasteiger partial charge in [0, 0.05) is 18.8 Å². The molecule has 0 aliphatic heterocycles. The summed E-state index contributed by atoms with van der Waals surface area (Å²) in [7, 11) is 0. The van der Waals surface area contributed by atoms with Gasteiger partial charge in [0.15, 0.2) is 0 Å². The molecule has 0 aliphatic rings. The minimum atomic E-state index is -0.459. The van der Waals surface area contributed by atoms with Crippen molar-refractivity contribution < 1.29 is 9.84 Å². The maximum absolute atomic E-state index is 9.60. The quantitative estimate of drug-likeness (QED) is 0.766. The van der Waals surface area contributed by atoms with Crippen molar-refractivity contribution in [1.82, 2.24) is 0 Å². The topological polar surface area (TPSA) is 41.5 Å². The first-order chi connectivity index (χ1) is 8.13. The Morgan fingerprint density at radius 2 is 1.88 bits per heavy atom. The normalized spacial score (nSPS) is 12.8. The van der Waals surface area contributed by atoms with Gasteiger partial charge in [0.1, 0.15) is 0 Å². The van der Waals surface area contributed by atoms with Crippen LogP contribution < -0.4 is 5.32 Å². The highest BCUT2D eigenvalue weighted by Crippen LogP contribution is 2.16. The lowest BCUT2D eigenvalue weighted by Crippen LogP contribution is -2.24. The number of aliphatic hydroxyl groups excluding tert-OH is 1. The zero-order chi connectivity index (χ0) is 12.7. The molecule has 96 valence electrons. The van der Waals surface area contributed by atoms with Gasteiger partial charge in [0.2, 0.25) is 0 Å². The molecule has 3 heteroatoms. The summed E-state index contributed by atoms with van der Waals surface area (Å²) in [5, 5.41) is 12.8. The van der Waals surface area contributed by atoms with Gasteiger partial charge >= 0.3 is 0 Å². The summed E-state index contributed by atoms with van der Waals surface area (Å²) < 4.78 is 5.14. The molecule has 1 rings (SSSR count). The average Bonchev–Trinajstić information content (AvgIpc) is 2.34. The second-order valence-electron chi connectivity index (χ2n) is 4.47. The van der Waals surface area contributed by atoms with Crippen LogP contribution >= 0.6 is 0 Å². The number of ether oxygens (including phenoxy) is 1. The second-order valence-corrected chi connectivity index (χ2v) is 4.47. The van der Waals surface area contributed by atoms with Crippen molar-refractivity contribution in [2.45, 2.75) is 32.8 Å². The average molecular weight is 237 g/mol. The van der Waals surface area contributed by atoms with Crippen molar-refractivity contribution >= 4 is 5.69 Å². The van der Waals surface area contributed by atoms with E-state index in [-0.39, 0.29) is 0 Å². The standard InChI is InChI=1S/C14H23NO2/c1-4-17-10-14(16)9-15-13-7-5-12(6-8-13)11(2)3/h5-8,11,14-16H,4,9-10H2,1-3H3. The summed E-state index contributed by atoms with van der Waals surface area (Å²) in [6.45, 7) is 7.81. The van der Waals surface area contributed by atoms with Crippen molar-refractivity contribution in [2.24, 2.45) is 0 Å². The minimum Gasteiger partial charge on any atom is -0.389 e. The Morgan fingerprint density at radius 3 is 2.41 bits per heavy atom. The van der Waals surface area contributed by atoms with E-state index in [0.29, 0.717) is 25.7 Å². The first-order valence-corrected chi connectivity index (χ1v) is 6.23. The highest BCUT2D eigenvalue weighted by molar-refractivity contribution is 5.45. The van der Waals surface area contributed by atoms with E-state index in [1.165, 1.54) is 5.56 Å². The zero-order valence-corrected chi connectivity index (χ0v) is 10.9. The van der Waals surface area contributed by atoms with Crippen LogP contribution in [0, 0.1) is 0 Å². The Bertz CT molecular complexity index is 309. The van der Waals surface area contributed by atoms with Crippen LogP contribution in [-0.2, 0) is 4.74 Å². The molecule has 0 saturated carbocycles. The van der Waals surface area contributed by atoms with Crippen LogP contribution in [0.25, 0.3) is 0 Å². The number of hydrogen-bond donors (Lipinski definition) is 2. The largest absolute Gasteiger partial charge is 0.389 e. The fraction of sp³-hybridized carbons (Fsp3) is 0.571. The van der Waals surface area contributed by atoms with Gasteiger partial charge in [-0.15, -0.1) is 0 Å². The van der Waals surface area contributed by atoms with Crippen LogP contribution in [0.4, 0.5) is 5.69 Å². The van der Waals surface area contributed by atoms with Gasteiger partial charge < -0.3 is 15.2 Å². The molecule has 0 aromatic heterocycles. The smallest absolute Gasteiger partial charge is 0.0945 e. The van der Waals surface area contributed by atoms with E-state index in [9.17, 15) is 5.11 Å². The van der Waals surface area contributed by atoms with Gasteiger partial charge in [-0.3, -0.25) is 0 Å². The summed E-state index contributed by atoms with van der Waals surface area (Å²) in [6.07, 6.45) is -0.459. The molecule has 0 heterocycles. The monoisotopic (exact) mass is 237 g/mol. The number of anilines is 1. The molecule has 0 spiro atoms. The highest BCUT2D eigenvalue weighted by Gasteiger charge is 2.04. The molecule has 2 N–H and O–H groups in total. The first kappa shape index (κ1) is 14.0. The summed E-state index contributed by atoms with van der Waals surface area (Å²) in [4.78, 5) is 0. The van der Waals surface area contributed by atoms with Crippen LogP contribution in [0.5, 0.6) is 0 Å². The van der Waals surface area contributed by atoms with Crippen LogP contribution in [0.2, 0.25) is 0 Å². The van der Waals surface area contributed by atoms with Crippen molar-refractivity contribution in [2.75, 3.05) is 25.1 Å². The van der Waals surface area contributed by atoms with Gasteiger partial charge in [-0.2, -0.15) is 0 Å². The Hall–Kier alpha value is -1.06. The SMILES string of the molecule is CCOCC(O)CNc1ccc(C(C)C)cc1. The summed E-state index contributed by atoms with van der Waals surface area (Å²) in [5.41, 5.74) is 2.36. The lowest BCUT2D eigenvalue weighted by molar-refractivity contribution is 0.0496. The van der Waals surface area contributed by atoms with Crippen molar-refractivity contribution in [1.29, 1.82) is 0 Å². The molecule has 0 saturated heterocycles. The lowest BCUT2D eigenvalue weighted by atomic mass is 10.0. The third-order valence-corrected chi connectivity index (χ3v) is 2.63. The number of nitrogens with one attached hydrogen (secondary N) is 1. The molecule has 0 radical (unpaired) electrons. The molecule has 0 aliphatic carbocycles. The fourth-order valence-corrected chi connectivity index (χ4v) is 1.53. The van der Waals surface area contributed by atoms with E-state index >= 15 is 0 Å². The second kappa shape index (κ2) is 7.30. The van der Waals surface area contributed by atoms with Gasteiger partial charge in [-0.1, -0.05) is 26.0 Å². The van der Waals surface area contributed by atoms with E-state index in [1.54, 1.807) is 0 Å². The summed E-state index contributed by atoms with van der Waals surface area (Å²) in [6, 6.07) is 8.31. The Balaban J connectivity index is 2.36. The molecule has 17 heavy (non-hydrogen) atoms. The molecule has 3 nitrogen and oxygen atoms in total. The third-order valence-electron chi connectivity index (χ3n) is 2.63. The predicted molar refractivity (Wildman–Crippen MR) is 71.5 cm³/mol. The summed E-state index contributed by atoms with van der Waals surface area (Å²) in [5.74, 6) is 0.549. The predicted octanol–water partition coefficient (Wildman–Crippen LogP) is 2.62. The molecule has 1 aromatic rings. The van der Waals surface area contributed by atoms with Crippen molar-refractivity contribution in [3.8, 4) is 0 Å². The summed E-state index contributed by atoms with van der Waals surface area (Å²) >= 11 is 0. The number of aliphatic hydroxyl groups is 1. The van der Waals surface area contributed by atoms with Gasteiger partial charge in [0.25, 0.3) is 0 Å². The Kier molecular flexibility index (Phi) is 6.01. The minimum absolute atomic E-state index is 0.383. The third kappa shape index (κ3) is 5.20. The lowest BCUT2D eigenvalue weighted by Gasteiger charge is -2.13. The Morgan fingerprint density at radius 1 is 1.24 bits per heavy atom. The molecule has 1 aromatic carbocycles. The Labute approximate surface area is 104 Å².